The van der Waals surface area contributed by atoms with Gasteiger partial charge in [0.15, 0.2) is 0 Å². The molecule has 0 N–H and O–H groups in total. The minimum Gasteiger partial charge on any atom is -0.489 e. The highest BCUT2D eigenvalue weighted by Gasteiger charge is 2.24. The topological polar surface area (TPSA) is 77.7 Å². The second-order valence-electron chi connectivity index (χ2n) is 9.03. The van der Waals surface area contributed by atoms with Gasteiger partial charge in [-0.15, -0.1) is 0 Å². The maximum Gasteiger partial charge on any atom is 0.254 e. The maximum atomic E-state index is 13.4. The molecule has 1 fully saturated rings. The zero-order valence-electron chi connectivity index (χ0n) is 20.1. The summed E-state index contributed by atoms with van der Waals surface area (Å²) >= 11 is 0. The molecule has 1 amide bonds. The molecule has 7 nitrogen and oxygen atoms in total. The van der Waals surface area contributed by atoms with Crippen molar-refractivity contribution in [3.63, 3.8) is 0 Å². The van der Waals surface area contributed by atoms with Gasteiger partial charge in [-0.1, -0.05) is 29.4 Å². The van der Waals surface area contributed by atoms with Gasteiger partial charge in [0.25, 0.3) is 5.91 Å². The van der Waals surface area contributed by atoms with Gasteiger partial charge in [-0.3, -0.25) is 9.78 Å². The maximum absolute atomic E-state index is 13.4. The van der Waals surface area contributed by atoms with Crippen LogP contribution in [-0.4, -0.2) is 47.3 Å². The van der Waals surface area contributed by atoms with Crippen LogP contribution in [0, 0.1) is 19.8 Å². The molecule has 1 unspecified atom stereocenters. The summed E-state index contributed by atoms with van der Waals surface area (Å²) in [6.45, 7) is 6.48. The number of amides is 1. The van der Waals surface area contributed by atoms with Crippen molar-refractivity contribution >= 4 is 16.7 Å². The van der Waals surface area contributed by atoms with Crippen LogP contribution in [0.2, 0.25) is 0 Å². The van der Waals surface area contributed by atoms with E-state index >= 15 is 0 Å². The number of hydrogen-bond acceptors (Lipinski definition) is 6. The van der Waals surface area contributed by atoms with Gasteiger partial charge in [0.1, 0.15) is 18.1 Å². The molecule has 4 aromatic rings. The summed E-state index contributed by atoms with van der Waals surface area (Å²) in [4.78, 5) is 19.6. The first-order valence-corrected chi connectivity index (χ1v) is 11.9. The van der Waals surface area contributed by atoms with Crippen LogP contribution in [0.5, 0.6) is 5.75 Å². The normalized spacial score (nSPS) is 16.3. The Morgan fingerprint density at radius 3 is 2.91 bits per heavy atom. The standard InChI is InChI=1S/C28H29N3O4/c1-19-27(20(2)35-30-19)18-34-25-8-4-6-23(14-25)28(32)31-11-12-33-17-21(16-31)13-22-5-3-7-24-15-29-10-9-26(22)24/h3-10,14-15,21H,11-13,16-18H2,1-2H3. The average Bonchev–Trinajstić information content (AvgIpc) is 3.06. The summed E-state index contributed by atoms with van der Waals surface area (Å²) in [5.41, 5.74) is 3.60. The van der Waals surface area contributed by atoms with Crippen LogP contribution in [0.15, 0.2) is 65.4 Å². The molecule has 0 spiro atoms. The van der Waals surface area contributed by atoms with Crippen molar-refractivity contribution < 1.29 is 18.8 Å². The van der Waals surface area contributed by atoms with E-state index in [1.807, 2.05) is 49.3 Å². The summed E-state index contributed by atoms with van der Waals surface area (Å²) in [5.74, 6) is 1.58. The quantitative estimate of drug-likeness (QED) is 0.404. The van der Waals surface area contributed by atoms with Crippen molar-refractivity contribution in [2.45, 2.75) is 26.9 Å². The molecule has 1 aliphatic rings. The van der Waals surface area contributed by atoms with E-state index in [1.165, 1.54) is 10.9 Å². The Morgan fingerprint density at radius 2 is 2.06 bits per heavy atom. The highest BCUT2D eigenvalue weighted by atomic mass is 16.5. The third-order valence-corrected chi connectivity index (χ3v) is 6.55. The Kier molecular flexibility index (Phi) is 6.77. The van der Waals surface area contributed by atoms with E-state index < -0.39 is 0 Å². The largest absolute Gasteiger partial charge is 0.489 e. The van der Waals surface area contributed by atoms with Gasteiger partial charge in [-0.05, 0) is 55.5 Å². The number of hydrogen-bond donors (Lipinski definition) is 0. The van der Waals surface area contributed by atoms with E-state index in [0.29, 0.717) is 44.2 Å². The Labute approximate surface area is 204 Å². The number of carbonyl (C=O) groups excluding carboxylic acids is 1. The summed E-state index contributed by atoms with van der Waals surface area (Å²) in [6, 6.07) is 15.7. The monoisotopic (exact) mass is 471 g/mol. The summed E-state index contributed by atoms with van der Waals surface area (Å²) in [7, 11) is 0. The van der Waals surface area contributed by atoms with Crippen molar-refractivity contribution in [3.05, 3.63) is 89.1 Å². The van der Waals surface area contributed by atoms with Gasteiger partial charge in [0.2, 0.25) is 0 Å². The summed E-state index contributed by atoms with van der Waals surface area (Å²) in [6.07, 6.45) is 4.55. The number of nitrogens with zero attached hydrogens (tertiary/aromatic N) is 3. The fraction of sp³-hybridized carbons (Fsp3) is 0.321. The van der Waals surface area contributed by atoms with E-state index in [0.717, 1.165) is 28.8 Å². The Bertz CT molecular complexity index is 1310. The molecule has 35 heavy (non-hydrogen) atoms. The molecular formula is C28H29N3O4. The zero-order valence-corrected chi connectivity index (χ0v) is 20.1. The number of carbonyl (C=O) groups is 1. The molecule has 0 saturated carbocycles. The van der Waals surface area contributed by atoms with Gasteiger partial charge < -0.3 is 18.9 Å². The van der Waals surface area contributed by atoms with E-state index in [9.17, 15) is 4.79 Å². The SMILES string of the molecule is Cc1noc(C)c1COc1cccc(C(=O)N2CCOCC(Cc3cccc4cnccc34)C2)c1. The predicted molar refractivity (Wildman–Crippen MR) is 132 cm³/mol. The fourth-order valence-corrected chi connectivity index (χ4v) is 4.63. The number of benzene rings is 2. The number of rotatable bonds is 6. The summed E-state index contributed by atoms with van der Waals surface area (Å²) in [5, 5.41) is 6.29. The lowest BCUT2D eigenvalue weighted by molar-refractivity contribution is 0.0737. The van der Waals surface area contributed by atoms with Crippen LogP contribution in [0.25, 0.3) is 10.8 Å². The van der Waals surface area contributed by atoms with Crippen LogP contribution < -0.4 is 4.74 Å². The van der Waals surface area contributed by atoms with Crippen LogP contribution in [0.4, 0.5) is 0 Å². The lowest BCUT2D eigenvalue weighted by atomic mass is 9.95. The first-order chi connectivity index (χ1) is 17.1. The van der Waals surface area contributed by atoms with Gasteiger partial charge in [-0.2, -0.15) is 0 Å². The number of pyridine rings is 1. The van der Waals surface area contributed by atoms with Crippen LogP contribution >= 0.6 is 0 Å². The molecule has 0 bridgehead atoms. The fourth-order valence-electron chi connectivity index (χ4n) is 4.63. The lowest BCUT2D eigenvalue weighted by Crippen LogP contribution is -2.36. The predicted octanol–water partition coefficient (Wildman–Crippen LogP) is 4.75. The molecule has 0 radical (unpaired) electrons. The molecule has 2 aromatic heterocycles. The molecule has 2 aromatic carbocycles. The molecule has 1 aliphatic heterocycles. The lowest BCUT2D eigenvalue weighted by Gasteiger charge is -2.24. The second-order valence-corrected chi connectivity index (χ2v) is 9.03. The van der Waals surface area contributed by atoms with E-state index in [1.54, 1.807) is 6.07 Å². The molecule has 1 saturated heterocycles. The van der Waals surface area contributed by atoms with Crippen LogP contribution in [0.1, 0.15) is 32.9 Å². The van der Waals surface area contributed by atoms with Crippen molar-refractivity contribution in [2.24, 2.45) is 5.92 Å². The molecule has 7 heteroatoms. The van der Waals surface area contributed by atoms with E-state index in [-0.39, 0.29) is 11.8 Å². The molecule has 5 rings (SSSR count). The number of aromatic nitrogens is 2. The average molecular weight is 472 g/mol. The highest BCUT2D eigenvalue weighted by molar-refractivity contribution is 5.94. The van der Waals surface area contributed by atoms with Crippen molar-refractivity contribution in [3.8, 4) is 5.75 Å². The van der Waals surface area contributed by atoms with Gasteiger partial charge in [0, 0.05) is 42.4 Å². The third-order valence-electron chi connectivity index (χ3n) is 6.55. The summed E-state index contributed by atoms with van der Waals surface area (Å²) < 4.78 is 17.1. The molecular weight excluding hydrogens is 442 g/mol. The van der Waals surface area contributed by atoms with Crippen molar-refractivity contribution in [2.75, 3.05) is 26.3 Å². The van der Waals surface area contributed by atoms with E-state index in [4.69, 9.17) is 14.0 Å². The van der Waals surface area contributed by atoms with Crippen LogP contribution in [0.3, 0.4) is 0 Å². The Morgan fingerprint density at radius 1 is 1.17 bits per heavy atom. The molecule has 180 valence electrons. The zero-order chi connectivity index (χ0) is 24.2. The van der Waals surface area contributed by atoms with Crippen molar-refractivity contribution in [1.82, 2.24) is 15.0 Å². The third kappa shape index (κ3) is 5.20. The van der Waals surface area contributed by atoms with Gasteiger partial charge in [-0.25, -0.2) is 0 Å². The van der Waals surface area contributed by atoms with Gasteiger partial charge >= 0.3 is 0 Å². The minimum absolute atomic E-state index is 0.00888. The first-order valence-electron chi connectivity index (χ1n) is 11.9. The van der Waals surface area contributed by atoms with E-state index in [2.05, 4.69) is 34.4 Å². The number of ether oxygens (including phenoxy) is 2. The molecule has 1 atom stereocenters. The Balaban J connectivity index is 1.28. The highest BCUT2D eigenvalue weighted by Crippen LogP contribution is 2.24. The van der Waals surface area contributed by atoms with Crippen molar-refractivity contribution in [1.29, 1.82) is 0 Å². The first kappa shape index (κ1) is 23.1. The number of fused-ring (bicyclic) bond motifs is 1. The Hall–Kier alpha value is -3.71. The minimum atomic E-state index is -0.00888. The molecule has 0 aliphatic carbocycles. The van der Waals surface area contributed by atoms with Crippen LogP contribution in [-0.2, 0) is 17.8 Å². The second kappa shape index (κ2) is 10.3. The van der Waals surface area contributed by atoms with Gasteiger partial charge in [0.05, 0.1) is 24.5 Å². The smallest absolute Gasteiger partial charge is 0.254 e. The number of aryl methyl sites for hydroxylation is 2. The molecule has 3 heterocycles.